The van der Waals surface area contributed by atoms with E-state index < -0.39 is 19.0 Å². The first-order valence-corrected chi connectivity index (χ1v) is 6.82. The fraction of sp³-hybridized carbons (Fsp3) is 0.333. The molecule has 13 heteroatoms. The molecule has 0 saturated heterocycles. The molecule has 0 atom stereocenters. The molecule has 2 aromatic rings. The van der Waals surface area contributed by atoms with Crippen molar-refractivity contribution in [2.75, 3.05) is 21.1 Å². The lowest BCUT2D eigenvalue weighted by Gasteiger charge is -2.15. The second-order valence-corrected chi connectivity index (χ2v) is 4.95. The minimum Gasteiger partial charge on any atom is -0.418 e. The van der Waals surface area contributed by atoms with Crippen LogP contribution in [0.4, 0.5) is 30.4 Å². The smallest absolute Gasteiger partial charge is 0.418 e. The van der Waals surface area contributed by atoms with Gasteiger partial charge in [-0.3, -0.25) is 0 Å². The number of hydrogen-bond acceptors (Lipinski definition) is 3. The molecular formula is C12H15BF7N5. The predicted molar refractivity (Wildman–Crippen MR) is 78.5 cm³/mol. The van der Waals surface area contributed by atoms with Gasteiger partial charge in [-0.2, -0.15) is 17.9 Å². The van der Waals surface area contributed by atoms with Gasteiger partial charge in [0.2, 0.25) is 0 Å². The highest BCUT2D eigenvalue weighted by atomic mass is 19.5. The minimum atomic E-state index is -6.00. The van der Waals surface area contributed by atoms with E-state index in [1.807, 2.05) is 7.05 Å². The molecule has 0 aliphatic rings. The SMILES string of the molecule is C[NH2+]C=C(N(C)C)n1nnc2ccc(C(F)(F)F)cc21.F[B-](F)(F)F. The molecule has 5 nitrogen and oxygen atoms in total. The number of fused-ring (bicyclic) bond motifs is 1. The van der Waals surface area contributed by atoms with Crippen LogP contribution >= 0.6 is 0 Å². The van der Waals surface area contributed by atoms with Crippen LogP contribution in [-0.2, 0) is 6.18 Å². The molecule has 0 aliphatic heterocycles. The van der Waals surface area contributed by atoms with Crippen molar-refractivity contribution in [3.8, 4) is 0 Å². The molecule has 0 amide bonds. The van der Waals surface area contributed by atoms with E-state index in [0.29, 0.717) is 16.9 Å². The first-order chi connectivity index (χ1) is 11.3. The van der Waals surface area contributed by atoms with Gasteiger partial charge in [-0.05, 0) is 18.2 Å². The summed E-state index contributed by atoms with van der Waals surface area (Å²) in [5.74, 6) is 0.634. The summed E-state index contributed by atoms with van der Waals surface area (Å²) in [6, 6.07) is 3.39. The lowest BCUT2D eigenvalue weighted by molar-refractivity contribution is -0.556. The van der Waals surface area contributed by atoms with E-state index in [2.05, 4.69) is 10.3 Å². The van der Waals surface area contributed by atoms with Gasteiger partial charge in [0.15, 0.2) is 5.82 Å². The molecule has 0 aliphatic carbocycles. The molecule has 1 heterocycles. The number of benzene rings is 1. The second kappa shape index (κ2) is 7.72. The van der Waals surface area contributed by atoms with E-state index in [0.717, 1.165) is 12.1 Å². The molecule has 0 unspecified atom stereocenters. The van der Waals surface area contributed by atoms with E-state index in [9.17, 15) is 30.4 Å². The van der Waals surface area contributed by atoms with Crippen molar-refractivity contribution in [1.82, 2.24) is 19.9 Å². The minimum absolute atomic E-state index is 0.321. The largest absolute Gasteiger partial charge is 0.673 e. The second-order valence-electron chi connectivity index (χ2n) is 4.95. The summed E-state index contributed by atoms with van der Waals surface area (Å²) in [6.07, 6.45) is -2.63. The third kappa shape index (κ3) is 6.25. The Morgan fingerprint density at radius 1 is 1.20 bits per heavy atom. The lowest BCUT2D eigenvalue weighted by atomic mass is 10.2. The zero-order valence-electron chi connectivity index (χ0n) is 13.4. The normalized spacial score (nSPS) is 12.8. The summed E-state index contributed by atoms with van der Waals surface area (Å²) in [6.45, 7) is 0. The fourth-order valence-corrected chi connectivity index (χ4v) is 1.82. The molecule has 25 heavy (non-hydrogen) atoms. The Morgan fingerprint density at radius 3 is 2.20 bits per heavy atom. The number of nitrogens with zero attached hydrogens (tertiary/aromatic N) is 4. The maximum absolute atomic E-state index is 12.8. The van der Waals surface area contributed by atoms with Gasteiger partial charge in [-0.1, -0.05) is 5.21 Å². The van der Waals surface area contributed by atoms with Gasteiger partial charge < -0.3 is 27.5 Å². The maximum atomic E-state index is 12.8. The summed E-state index contributed by atoms with van der Waals surface area (Å²) >= 11 is 0. The van der Waals surface area contributed by atoms with Crippen molar-refractivity contribution < 1.29 is 35.8 Å². The van der Waals surface area contributed by atoms with Crippen molar-refractivity contribution >= 4 is 24.1 Å². The number of halogens is 7. The summed E-state index contributed by atoms with van der Waals surface area (Å²) in [5.41, 5.74) is 0.0237. The molecule has 0 radical (unpaired) electrons. The van der Waals surface area contributed by atoms with Gasteiger partial charge in [0, 0.05) is 14.1 Å². The maximum Gasteiger partial charge on any atom is 0.673 e. The van der Waals surface area contributed by atoms with Crippen LogP contribution in [0.2, 0.25) is 0 Å². The van der Waals surface area contributed by atoms with E-state index in [4.69, 9.17) is 0 Å². The predicted octanol–water partition coefficient (Wildman–Crippen LogP) is 2.26. The van der Waals surface area contributed by atoms with Crippen molar-refractivity contribution in [2.45, 2.75) is 6.18 Å². The fourth-order valence-electron chi connectivity index (χ4n) is 1.82. The third-order valence-electron chi connectivity index (χ3n) is 2.76. The lowest BCUT2D eigenvalue weighted by Crippen LogP contribution is -2.73. The molecule has 0 fully saturated rings. The summed E-state index contributed by atoms with van der Waals surface area (Å²) < 4.78 is 78.7. The van der Waals surface area contributed by atoms with E-state index in [-0.39, 0.29) is 0 Å². The van der Waals surface area contributed by atoms with Crippen LogP contribution in [0.1, 0.15) is 5.56 Å². The van der Waals surface area contributed by atoms with Gasteiger partial charge in [0.25, 0.3) is 0 Å². The Hall–Kier alpha value is -2.31. The van der Waals surface area contributed by atoms with E-state index >= 15 is 0 Å². The van der Waals surface area contributed by atoms with Gasteiger partial charge in [-0.25, -0.2) is 0 Å². The molecule has 0 bridgehead atoms. The first kappa shape index (κ1) is 20.7. The van der Waals surface area contributed by atoms with Gasteiger partial charge in [0.05, 0.1) is 18.1 Å². The number of nitrogens with two attached hydrogens (primary N) is 1. The Labute approximate surface area is 138 Å². The molecule has 1 aromatic heterocycles. The number of hydrogen-bond donors (Lipinski definition) is 1. The third-order valence-corrected chi connectivity index (χ3v) is 2.76. The van der Waals surface area contributed by atoms with E-state index in [1.54, 1.807) is 30.5 Å². The average molecular weight is 373 g/mol. The highest BCUT2D eigenvalue weighted by Crippen LogP contribution is 2.31. The monoisotopic (exact) mass is 373 g/mol. The van der Waals surface area contributed by atoms with Crippen LogP contribution in [0.5, 0.6) is 0 Å². The molecule has 140 valence electrons. The molecule has 0 saturated carbocycles. The van der Waals surface area contributed by atoms with Crippen LogP contribution in [0.25, 0.3) is 16.9 Å². The van der Waals surface area contributed by atoms with Gasteiger partial charge in [-0.15, -0.1) is 5.10 Å². The number of quaternary nitrogens is 1. The molecule has 1 aromatic carbocycles. The van der Waals surface area contributed by atoms with Gasteiger partial charge >= 0.3 is 13.4 Å². The zero-order chi connectivity index (χ0) is 19.4. The molecule has 2 rings (SSSR count). The van der Waals surface area contributed by atoms with Crippen LogP contribution < -0.4 is 5.32 Å². The number of rotatable bonds is 3. The van der Waals surface area contributed by atoms with Crippen LogP contribution in [0, 0.1) is 0 Å². The highest BCUT2D eigenvalue weighted by molar-refractivity contribution is 6.50. The first-order valence-electron chi connectivity index (χ1n) is 6.82. The van der Waals surface area contributed by atoms with Crippen LogP contribution in [-0.4, -0.2) is 48.3 Å². The quantitative estimate of drug-likeness (QED) is 0.664. The van der Waals surface area contributed by atoms with Gasteiger partial charge in [0.1, 0.15) is 11.7 Å². The van der Waals surface area contributed by atoms with Crippen LogP contribution in [0.3, 0.4) is 0 Å². The number of alkyl halides is 3. The Kier molecular flexibility index (Phi) is 6.40. The summed E-state index contributed by atoms with van der Waals surface area (Å²) in [5, 5.41) is 9.61. The van der Waals surface area contributed by atoms with Crippen molar-refractivity contribution in [1.29, 1.82) is 0 Å². The average Bonchev–Trinajstić information content (AvgIpc) is 2.84. The van der Waals surface area contributed by atoms with Crippen molar-refractivity contribution in [3.05, 3.63) is 30.0 Å². The van der Waals surface area contributed by atoms with Crippen molar-refractivity contribution in [3.63, 3.8) is 0 Å². The summed E-state index contributed by atoms with van der Waals surface area (Å²) in [7, 11) is -0.601. The Balaban J connectivity index is 0.000000550. The highest BCUT2D eigenvalue weighted by Gasteiger charge is 2.31. The van der Waals surface area contributed by atoms with E-state index in [1.165, 1.54) is 10.7 Å². The standard InChI is InChI=1S/C12H14F3N5.BF4/c1-16-7-11(19(2)3)20-10-6-8(12(13,14)15)4-5-9(10)17-18-20;2-1(3,4)5/h4-7,16H,1-3H3;/q;-1/p+1. The summed E-state index contributed by atoms with van der Waals surface area (Å²) in [4.78, 5) is 1.76. The molecule has 2 N–H and O–H groups in total. The molecule has 0 spiro atoms. The van der Waals surface area contributed by atoms with Crippen molar-refractivity contribution in [2.24, 2.45) is 0 Å². The zero-order valence-corrected chi connectivity index (χ0v) is 13.4. The Morgan fingerprint density at radius 2 is 1.76 bits per heavy atom. The topological polar surface area (TPSA) is 50.6 Å². The Bertz CT molecular complexity index is 730. The van der Waals surface area contributed by atoms with Crippen LogP contribution in [0.15, 0.2) is 24.4 Å². The molecular weight excluding hydrogens is 358 g/mol. The number of aromatic nitrogens is 3.